The molecule has 186 valence electrons. The van der Waals surface area contributed by atoms with E-state index in [0.29, 0.717) is 0 Å². The largest absolute Gasteiger partial charge is 0.353 e. The lowest BCUT2D eigenvalue weighted by molar-refractivity contribution is -0.294. The number of hydrogen-bond acceptors (Lipinski definition) is 4. The summed E-state index contributed by atoms with van der Waals surface area (Å²) in [6, 6.07) is 0. The van der Waals surface area contributed by atoms with Crippen molar-refractivity contribution in [1.29, 1.82) is 0 Å². The molecule has 0 heterocycles. The van der Waals surface area contributed by atoms with E-state index in [1.807, 2.05) is 0 Å². The fourth-order valence-corrected chi connectivity index (χ4v) is 3.64. The van der Waals surface area contributed by atoms with E-state index in [0.717, 1.165) is 51.7 Å². The van der Waals surface area contributed by atoms with Gasteiger partial charge in [0.1, 0.15) is 6.10 Å². The normalized spacial score (nSPS) is 12.9. The first-order valence-electron chi connectivity index (χ1n) is 13.4. The van der Waals surface area contributed by atoms with Crippen LogP contribution >= 0.6 is 0 Å². The average Bonchev–Trinajstić information content (AvgIpc) is 2.77. The van der Waals surface area contributed by atoms with E-state index in [9.17, 15) is 0 Å². The summed E-state index contributed by atoms with van der Waals surface area (Å²) < 4.78 is 12.0. The van der Waals surface area contributed by atoms with Crippen molar-refractivity contribution in [1.82, 2.24) is 0 Å². The Balaban J connectivity index is 3.70. The van der Waals surface area contributed by atoms with Crippen molar-refractivity contribution in [3.05, 3.63) is 12.2 Å². The van der Waals surface area contributed by atoms with Crippen LogP contribution in [0, 0.1) is 0 Å². The van der Waals surface area contributed by atoms with E-state index in [1.54, 1.807) is 7.11 Å². The monoisotopic (exact) mass is 442 g/mol. The molecule has 0 saturated carbocycles. The van der Waals surface area contributed by atoms with Crippen molar-refractivity contribution in [2.75, 3.05) is 20.3 Å². The lowest BCUT2D eigenvalue weighted by atomic mass is 10.1. The first-order chi connectivity index (χ1) is 15.3. The minimum Gasteiger partial charge on any atom is -0.353 e. The molecule has 0 aromatic heterocycles. The minimum absolute atomic E-state index is 0.0131. The summed E-state index contributed by atoms with van der Waals surface area (Å²) >= 11 is 0. The van der Waals surface area contributed by atoms with Gasteiger partial charge >= 0.3 is 0 Å². The highest BCUT2D eigenvalue weighted by Crippen LogP contribution is 2.14. The second kappa shape index (κ2) is 25.8. The van der Waals surface area contributed by atoms with E-state index >= 15 is 0 Å². The fraction of sp³-hybridized carbons (Fsp3) is 0.926. The van der Waals surface area contributed by atoms with Crippen molar-refractivity contribution in [3.8, 4) is 0 Å². The van der Waals surface area contributed by atoms with Crippen LogP contribution < -0.4 is 0 Å². The van der Waals surface area contributed by atoms with Crippen molar-refractivity contribution in [2.45, 2.75) is 142 Å². The third-order valence-electron chi connectivity index (χ3n) is 5.56. The summed E-state index contributed by atoms with van der Waals surface area (Å²) in [5.41, 5.74) is 0. The number of hydrogen-bond donors (Lipinski definition) is 0. The van der Waals surface area contributed by atoms with Gasteiger partial charge in [-0.1, -0.05) is 97.1 Å². The van der Waals surface area contributed by atoms with Crippen LogP contribution in [0.2, 0.25) is 0 Å². The predicted octanol–water partition coefficient (Wildman–Crippen LogP) is 8.54. The molecule has 0 aliphatic carbocycles. The molecule has 0 aromatic carbocycles. The van der Waals surface area contributed by atoms with Crippen molar-refractivity contribution in [2.24, 2.45) is 0 Å². The van der Waals surface area contributed by atoms with Crippen LogP contribution in [0.5, 0.6) is 0 Å². The lowest BCUT2D eigenvalue weighted by Gasteiger charge is -2.18. The molecule has 31 heavy (non-hydrogen) atoms. The van der Waals surface area contributed by atoms with E-state index in [-0.39, 0.29) is 12.4 Å². The van der Waals surface area contributed by atoms with Gasteiger partial charge in [-0.25, -0.2) is 9.78 Å². The third kappa shape index (κ3) is 22.6. The maximum Gasteiger partial charge on any atom is 0.157 e. The Hall–Kier alpha value is -0.420. The van der Waals surface area contributed by atoms with Gasteiger partial charge in [-0.2, -0.15) is 0 Å². The number of unbranched alkanes of at least 4 members (excludes halogenated alkanes) is 11. The molecule has 0 fully saturated rings. The van der Waals surface area contributed by atoms with E-state index in [1.165, 1.54) is 70.6 Å². The molecule has 1 atom stereocenters. The van der Waals surface area contributed by atoms with Crippen LogP contribution in [0.4, 0.5) is 0 Å². The maximum absolute atomic E-state index is 6.01. The predicted molar refractivity (Wildman–Crippen MR) is 132 cm³/mol. The highest BCUT2D eigenvalue weighted by molar-refractivity contribution is 4.88. The zero-order valence-corrected chi connectivity index (χ0v) is 21.4. The van der Waals surface area contributed by atoms with Crippen molar-refractivity contribution >= 4 is 0 Å². The minimum atomic E-state index is 0.0131. The van der Waals surface area contributed by atoms with Crippen LogP contribution in [0.1, 0.15) is 130 Å². The van der Waals surface area contributed by atoms with Crippen molar-refractivity contribution < 1.29 is 19.2 Å². The zero-order chi connectivity index (χ0) is 22.8. The first-order valence-corrected chi connectivity index (χ1v) is 13.4. The molecule has 0 aliphatic heterocycles. The fourth-order valence-electron chi connectivity index (χ4n) is 3.64. The molecule has 0 aliphatic rings. The van der Waals surface area contributed by atoms with Gasteiger partial charge in [-0.3, -0.25) is 0 Å². The summed E-state index contributed by atoms with van der Waals surface area (Å²) in [4.78, 5) is 10.0. The average molecular weight is 443 g/mol. The molecule has 0 radical (unpaired) electrons. The highest BCUT2D eigenvalue weighted by Gasteiger charge is 2.09. The van der Waals surface area contributed by atoms with Crippen LogP contribution in [0.3, 0.4) is 0 Å². The van der Waals surface area contributed by atoms with Gasteiger partial charge < -0.3 is 9.47 Å². The molecule has 1 unspecified atom stereocenters. The summed E-state index contributed by atoms with van der Waals surface area (Å²) in [7, 11) is 1.58. The van der Waals surface area contributed by atoms with Gasteiger partial charge in [0.05, 0.1) is 7.11 Å². The molecule has 4 nitrogen and oxygen atoms in total. The first kappa shape index (κ1) is 30.6. The summed E-state index contributed by atoms with van der Waals surface area (Å²) in [5, 5.41) is 0. The molecule has 0 aromatic rings. The topological polar surface area (TPSA) is 36.9 Å². The second-order valence-electron chi connectivity index (χ2n) is 8.66. The molecular weight excluding hydrogens is 388 g/mol. The molecule has 0 saturated heterocycles. The Kier molecular flexibility index (Phi) is 25.5. The summed E-state index contributed by atoms with van der Waals surface area (Å²) in [6.45, 7) is 8.32. The Morgan fingerprint density at radius 3 is 1.74 bits per heavy atom. The standard InChI is InChI=1S/C27H54O4/c1-5-8-19-24-29-27(30-25-20-9-6-2)23-18-16-14-12-10-11-13-15-17-22-26(21-7-3)31-28-4/h17,22,26-27H,5-16,18-21,23-25H2,1-4H3. The van der Waals surface area contributed by atoms with Gasteiger partial charge in [0.15, 0.2) is 6.29 Å². The molecule has 0 spiro atoms. The molecule has 0 N–H and O–H groups in total. The molecule has 4 heteroatoms. The van der Waals surface area contributed by atoms with Gasteiger partial charge in [-0.15, -0.1) is 0 Å². The summed E-state index contributed by atoms with van der Waals surface area (Å²) in [6.07, 6.45) is 25.2. The van der Waals surface area contributed by atoms with Crippen LogP contribution in [0.25, 0.3) is 0 Å². The smallest absolute Gasteiger partial charge is 0.157 e. The summed E-state index contributed by atoms with van der Waals surface area (Å²) in [5.74, 6) is 0. The number of ether oxygens (including phenoxy) is 2. The van der Waals surface area contributed by atoms with Gasteiger partial charge in [0.2, 0.25) is 0 Å². The van der Waals surface area contributed by atoms with Gasteiger partial charge in [0.25, 0.3) is 0 Å². The molecule has 0 rings (SSSR count). The SMILES string of the molecule is CCCCCOC(CCCCCCCCCC=CC(CCC)OOC)OCCCCC. The number of allylic oxidation sites excluding steroid dienone is 1. The lowest BCUT2D eigenvalue weighted by Crippen LogP contribution is -2.19. The number of rotatable bonds is 25. The van der Waals surface area contributed by atoms with E-state index in [4.69, 9.17) is 19.2 Å². The van der Waals surface area contributed by atoms with Gasteiger partial charge in [0, 0.05) is 13.2 Å². The zero-order valence-electron chi connectivity index (χ0n) is 21.4. The van der Waals surface area contributed by atoms with Crippen LogP contribution in [-0.4, -0.2) is 32.7 Å². The van der Waals surface area contributed by atoms with E-state index < -0.39 is 0 Å². The highest BCUT2D eigenvalue weighted by atomic mass is 17.2. The Morgan fingerprint density at radius 1 is 0.613 bits per heavy atom. The molecule has 0 amide bonds. The van der Waals surface area contributed by atoms with Gasteiger partial charge in [-0.05, 0) is 44.9 Å². The molecular formula is C27H54O4. The second-order valence-corrected chi connectivity index (χ2v) is 8.66. The Labute approximate surface area is 194 Å². The van der Waals surface area contributed by atoms with Crippen LogP contribution in [-0.2, 0) is 19.2 Å². The van der Waals surface area contributed by atoms with Crippen molar-refractivity contribution in [3.63, 3.8) is 0 Å². The quantitative estimate of drug-likeness (QED) is 0.0466. The Bertz CT molecular complexity index is 341. The molecule has 0 bridgehead atoms. The maximum atomic E-state index is 6.01. The van der Waals surface area contributed by atoms with E-state index in [2.05, 4.69) is 32.9 Å². The van der Waals surface area contributed by atoms with Crippen LogP contribution in [0.15, 0.2) is 12.2 Å². The third-order valence-corrected chi connectivity index (χ3v) is 5.56. The Morgan fingerprint density at radius 2 is 1.19 bits per heavy atom.